The van der Waals surface area contributed by atoms with Crippen LogP contribution >= 0.6 is 11.6 Å². The molecule has 1 aromatic carbocycles. The first-order valence-electron chi connectivity index (χ1n) is 7.96. The summed E-state index contributed by atoms with van der Waals surface area (Å²) in [5.74, 6) is 0.964. The third kappa shape index (κ3) is 3.41. The van der Waals surface area contributed by atoms with Gasteiger partial charge in [-0.15, -0.1) is 0 Å². The van der Waals surface area contributed by atoms with E-state index < -0.39 is 0 Å². The van der Waals surface area contributed by atoms with Gasteiger partial charge >= 0.3 is 6.03 Å². The van der Waals surface area contributed by atoms with E-state index in [1.165, 1.54) is 0 Å². The molecule has 0 atom stereocenters. The molecule has 25 heavy (non-hydrogen) atoms. The Hall–Kier alpha value is -2.67. The van der Waals surface area contributed by atoms with Gasteiger partial charge in [0.05, 0.1) is 29.2 Å². The van der Waals surface area contributed by atoms with E-state index in [2.05, 4.69) is 10.6 Å². The van der Waals surface area contributed by atoms with Crippen molar-refractivity contribution in [2.24, 2.45) is 0 Å². The molecule has 1 saturated carbocycles. The molecule has 2 aromatic rings. The van der Waals surface area contributed by atoms with Crippen molar-refractivity contribution in [1.82, 2.24) is 4.90 Å². The van der Waals surface area contributed by atoms with Gasteiger partial charge in [-0.2, -0.15) is 0 Å². The lowest BCUT2D eigenvalue weighted by Gasteiger charge is -2.23. The molecule has 4 rings (SSSR count). The zero-order valence-electron chi connectivity index (χ0n) is 13.3. The number of anilines is 2. The maximum atomic E-state index is 12.7. The Balaban J connectivity index is 1.52. The first-order chi connectivity index (χ1) is 12.1. The first kappa shape index (κ1) is 15.8. The van der Waals surface area contributed by atoms with Crippen molar-refractivity contribution in [2.45, 2.75) is 25.4 Å². The van der Waals surface area contributed by atoms with Crippen LogP contribution in [0.1, 0.15) is 18.6 Å². The fourth-order valence-electron chi connectivity index (χ4n) is 2.71. The Morgan fingerprint density at radius 1 is 1.40 bits per heavy atom. The summed E-state index contributed by atoms with van der Waals surface area (Å²) in [6.45, 7) is 0.341. The normalized spacial score (nSPS) is 15.8. The van der Waals surface area contributed by atoms with Gasteiger partial charge in [0, 0.05) is 12.1 Å². The van der Waals surface area contributed by atoms with Crippen LogP contribution in [-0.4, -0.2) is 29.5 Å². The molecule has 1 fully saturated rings. The SMILES string of the molecule is O=C1COc2cc(NC(=O)N(Cc3ccco3)C3CC3)c(Cl)cc2N1. The molecule has 0 spiro atoms. The summed E-state index contributed by atoms with van der Waals surface area (Å²) in [6, 6.07) is 6.78. The lowest BCUT2D eigenvalue weighted by Crippen LogP contribution is -2.36. The van der Waals surface area contributed by atoms with E-state index in [1.54, 1.807) is 29.4 Å². The summed E-state index contributed by atoms with van der Waals surface area (Å²) in [4.78, 5) is 25.8. The Kier molecular flexibility index (Phi) is 4.01. The van der Waals surface area contributed by atoms with Crippen LogP contribution < -0.4 is 15.4 Å². The number of furan rings is 1. The van der Waals surface area contributed by atoms with Gasteiger partial charge in [-0.05, 0) is 31.0 Å². The molecule has 0 bridgehead atoms. The van der Waals surface area contributed by atoms with E-state index in [0.29, 0.717) is 28.7 Å². The van der Waals surface area contributed by atoms with E-state index >= 15 is 0 Å². The van der Waals surface area contributed by atoms with Crippen molar-refractivity contribution in [3.05, 3.63) is 41.3 Å². The monoisotopic (exact) mass is 361 g/mol. The van der Waals surface area contributed by atoms with Gasteiger partial charge in [0.15, 0.2) is 6.61 Å². The molecule has 1 aliphatic carbocycles. The topological polar surface area (TPSA) is 83.8 Å². The van der Waals surface area contributed by atoms with Crippen LogP contribution in [0.15, 0.2) is 34.9 Å². The molecule has 2 aliphatic rings. The van der Waals surface area contributed by atoms with E-state index in [0.717, 1.165) is 18.6 Å². The number of hydrogen-bond acceptors (Lipinski definition) is 4. The Morgan fingerprint density at radius 2 is 2.24 bits per heavy atom. The van der Waals surface area contributed by atoms with E-state index in [1.807, 2.05) is 6.07 Å². The molecule has 7 nitrogen and oxygen atoms in total. The third-order valence-electron chi connectivity index (χ3n) is 4.10. The van der Waals surface area contributed by atoms with Crippen LogP contribution in [0.2, 0.25) is 5.02 Å². The Labute approximate surface area is 148 Å². The van der Waals surface area contributed by atoms with E-state index in [4.69, 9.17) is 20.8 Å². The molecular formula is C17H16ClN3O4. The second kappa shape index (κ2) is 6.33. The van der Waals surface area contributed by atoms with Crippen LogP contribution in [0.4, 0.5) is 16.2 Å². The van der Waals surface area contributed by atoms with Crippen LogP contribution in [0.25, 0.3) is 0 Å². The van der Waals surface area contributed by atoms with Gasteiger partial charge < -0.3 is 24.7 Å². The molecule has 2 N–H and O–H groups in total. The number of hydrogen-bond donors (Lipinski definition) is 2. The van der Waals surface area contributed by atoms with Crippen LogP contribution in [0, 0.1) is 0 Å². The molecule has 0 unspecified atom stereocenters. The zero-order valence-corrected chi connectivity index (χ0v) is 14.0. The molecule has 130 valence electrons. The summed E-state index contributed by atoms with van der Waals surface area (Å²) < 4.78 is 10.7. The van der Waals surface area contributed by atoms with Gasteiger partial charge in [0.2, 0.25) is 0 Å². The number of carbonyl (C=O) groups is 2. The van der Waals surface area contributed by atoms with Gasteiger partial charge in [-0.3, -0.25) is 4.79 Å². The summed E-state index contributed by atoms with van der Waals surface area (Å²) in [7, 11) is 0. The van der Waals surface area contributed by atoms with Crippen molar-refractivity contribution in [2.75, 3.05) is 17.2 Å². The number of urea groups is 1. The molecular weight excluding hydrogens is 346 g/mol. The highest BCUT2D eigenvalue weighted by Gasteiger charge is 2.33. The quantitative estimate of drug-likeness (QED) is 0.873. The van der Waals surface area contributed by atoms with Gasteiger partial charge in [0.1, 0.15) is 11.5 Å². The van der Waals surface area contributed by atoms with Crippen LogP contribution in [0.5, 0.6) is 5.75 Å². The molecule has 0 radical (unpaired) electrons. The third-order valence-corrected chi connectivity index (χ3v) is 4.41. The summed E-state index contributed by atoms with van der Waals surface area (Å²) in [5.41, 5.74) is 0.931. The number of benzene rings is 1. The van der Waals surface area contributed by atoms with Crippen molar-refractivity contribution in [3.63, 3.8) is 0 Å². The maximum Gasteiger partial charge on any atom is 0.322 e. The largest absolute Gasteiger partial charge is 0.482 e. The molecule has 8 heteroatoms. The summed E-state index contributed by atoms with van der Waals surface area (Å²) >= 11 is 6.24. The summed E-state index contributed by atoms with van der Waals surface area (Å²) in [6.07, 6.45) is 3.53. The van der Waals surface area contributed by atoms with Crippen LogP contribution in [-0.2, 0) is 11.3 Å². The molecule has 2 heterocycles. The fourth-order valence-corrected chi connectivity index (χ4v) is 2.92. The van der Waals surface area contributed by atoms with Gasteiger partial charge in [-0.1, -0.05) is 11.6 Å². The highest BCUT2D eigenvalue weighted by molar-refractivity contribution is 6.34. The van der Waals surface area contributed by atoms with Gasteiger partial charge in [-0.25, -0.2) is 4.79 Å². The average molecular weight is 362 g/mol. The zero-order chi connectivity index (χ0) is 17.4. The molecule has 1 aromatic heterocycles. The Morgan fingerprint density at radius 3 is 2.96 bits per heavy atom. The minimum atomic E-state index is -0.249. The minimum absolute atomic E-state index is 0.0608. The number of halogens is 1. The first-order valence-corrected chi connectivity index (χ1v) is 8.34. The minimum Gasteiger partial charge on any atom is -0.482 e. The van der Waals surface area contributed by atoms with E-state index in [9.17, 15) is 9.59 Å². The average Bonchev–Trinajstić information content (AvgIpc) is 3.29. The molecule has 1 aliphatic heterocycles. The second-order valence-corrected chi connectivity index (χ2v) is 6.44. The summed E-state index contributed by atoms with van der Waals surface area (Å²) in [5, 5.41) is 5.83. The van der Waals surface area contributed by atoms with Crippen molar-refractivity contribution >= 4 is 34.9 Å². The maximum absolute atomic E-state index is 12.7. The molecule has 3 amide bonds. The van der Waals surface area contributed by atoms with Crippen molar-refractivity contribution < 1.29 is 18.7 Å². The molecule has 0 saturated heterocycles. The standard InChI is InChI=1S/C17H16ClN3O4/c18-12-6-14-15(25-9-16(22)19-14)7-13(12)20-17(23)21(10-3-4-10)8-11-2-1-5-24-11/h1-2,5-7,10H,3-4,8-9H2,(H,19,22)(H,20,23). The Bertz CT molecular complexity index is 818. The fraction of sp³-hybridized carbons (Fsp3) is 0.294. The predicted molar refractivity (Wildman–Crippen MR) is 91.9 cm³/mol. The number of nitrogens with zero attached hydrogens (tertiary/aromatic N) is 1. The smallest absolute Gasteiger partial charge is 0.322 e. The highest BCUT2D eigenvalue weighted by atomic mass is 35.5. The number of fused-ring (bicyclic) bond motifs is 1. The van der Waals surface area contributed by atoms with Gasteiger partial charge in [0.25, 0.3) is 5.91 Å². The van der Waals surface area contributed by atoms with Crippen molar-refractivity contribution in [1.29, 1.82) is 0 Å². The van der Waals surface area contributed by atoms with Crippen LogP contribution in [0.3, 0.4) is 0 Å². The number of carbonyl (C=O) groups excluding carboxylic acids is 2. The lowest BCUT2D eigenvalue weighted by molar-refractivity contribution is -0.118. The number of nitrogens with one attached hydrogen (secondary N) is 2. The lowest BCUT2D eigenvalue weighted by atomic mass is 10.2. The number of rotatable bonds is 4. The van der Waals surface area contributed by atoms with Crippen molar-refractivity contribution in [3.8, 4) is 5.75 Å². The predicted octanol–water partition coefficient (Wildman–Crippen LogP) is 3.46. The second-order valence-electron chi connectivity index (χ2n) is 6.03. The number of amides is 3. The number of ether oxygens (including phenoxy) is 1. The highest BCUT2D eigenvalue weighted by Crippen LogP contribution is 2.37. The van der Waals surface area contributed by atoms with E-state index in [-0.39, 0.29) is 24.6 Å².